The molecule has 4 nitrogen and oxygen atoms in total. The zero-order chi connectivity index (χ0) is 17.4. The number of hydrogen-bond acceptors (Lipinski definition) is 3. The lowest BCUT2D eigenvalue weighted by atomic mass is 10.1. The van der Waals surface area contributed by atoms with E-state index in [0.717, 1.165) is 31.2 Å². The Kier molecular flexibility index (Phi) is 7.79. The summed E-state index contributed by atoms with van der Waals surface area (Å²) in [6, 6.07) is 8.76. The summed E-state index contributed by atoms with van der Waals surface area (Å²) >= 11 is 5.54. The smallest absolute Gasteiger partial charge is 0.168 e. The fourth-order valence-corrected chi connectivity index (χ4v) is 3.31. The lowest BCUT2D eigenvalue weighted by Gasteiger charge is -2.32. The molecule has 134 valence electrons. The van der Waals surface area contributed by atoms with Gasteiger partial charge in [0.15, 0.2) is 5.11 Å². The standard InChI is InChI=1S/C19H32N4S/c1-21(2)13-9-12-20-19(24)22(3)16-17-10-5-6-11-18(17)23-14-7-4-8-15-23/h5-6,10-11H,4,7-9,12-16H2,1-3H3,(H,20,24). The fourth-order valence-electron chi connectivity index (χ4n) is 3.14. The molecular weight excluding hydrogens is 316 g/mol. The molecular formula is C19H32N4S. The summed E-state index contributed by atoms with van der Waals surface area (Å²) in [6.45, 7) is 5.21. The van der Waals surface area contributed by atoms with Gasteiger partial charge in [-0.05, 0) is 70.2 Å². The van der Waals surface area contributed by atoms with Crippen molar-refractivity contribution in [2.24, 2.45) is 0 Å². The second kappa shape index (κ2) is 9.84. The molecule has 0 atom stereocenters. The van der Waals surface area contributed by atoms with E-state index in [1.165, 1.54) is 43.6 Å². The summed E-state index contributed by atoms with van der Waals surface area (Å²) in [4.78, 5) is 6.87. The molecule has 1 aliphatic heterocycles. The van der Waals surface area contributed by atoms with Gasteiger partial charge in [0, 0.05) is 38.9 Å². The average Bonchev–Trinajstić information content (AvgIpc) is 2.59. The predicted octanol–water partition coefficient (Wildman–Crippen LogP) is 2.93. The van der Waals surface area contributed by atoms with Crippen LogP contribution < -0.4 is 10.2 Å². The average molecular weight is 349 g/mol. The van der Waals surface area contributed by atoms with Gasteiger partial charge in [0.05, 0.1) is 0 Å². The van der Waals surface area contributed by atoms with E-state index in [1.807, 2.05) is 0 Å². The summed E-state index contributed by atoms with van der Waals surface area (Å²) in [5.41, 5.74) is 2.73. The Hall–Kier alpha value is -1.33. The molecule has 0 unspecified atom stereocenters. The van der Waals surface area contributed by atoms with Crippen LogP contribution in [0.15, 0.2) is 24.3 Å². The molecule has 1 N–H and O–H groups in total. The fraction of sp³-hybridized carbons (Fsp3) is 0.632. The van der Waals surface area contributed by atoms with Gasteiger partial charge in [-0.25, -0.2) is 0 Å². The second-order valence-corrected chi connectivity index (χ2v) is 7.31. The van der Waals surface area contributed by atoms with Crippen molar-refractivity contribution in [3.8, 4) is 0 Å². The molecule has 1 aromatic carbocycles. The highest BCUT2D eigenvalue weighted by Crippen LogP contribution is 2.25. The van der Waals surface area contributed by atoms with E-state index >= 15 is 0 Å². The van der Waals surface area contributed by atoms with E-state index in [1.54, 1.807) is 0 Å². The Labute approximate surface area is 152 Å². The van der Waals surface area contributed by atoms with Crippen molar-refractivity contribution in [2.45, 2.75) is 32.2 Å². The van der Waals surface area contributed by atoms with Crippen molar-refractivity contribution in [1.82, 2.24) is 15.1 Å². The Balaban J connectivity index is 1.88. The van der Waals surface area contributed by atoms with Crippen molar-refractivity contribution in [3.05, 3.63) is 29.8 Å². The van der Waals surface area contributed by atoms with E-state index in [2.05, 4.69) is 65.4 Å². The normalized spacial score (nSPS) is 14.8. The van der Waals surface area contributed by atoms with Crippen LogP contribution in [-0.4, -0.2) is 62.2 Å². The topological polar surface area (TPSA) is 21.8 Å². The third kappa shape index (κ3) is 5.95. The van der Waals surface area contributed by atoms with Crippen molar-refractivity contribution in [2.75, 3.05) is 52.2 Å². The summed E-state index contributed by atoms with van der Waals surface area (Å²) in [7, 11) is 6.28. The molecule has 0 bridgehead atoms. The van der Waals surface area contributed by atoms with Crippen molar-refractivity contribution in [1.29, 1.82) is 0 Å². The maximum atomic E-state index is 5.54. The summed E-state index contributed by atoms with van der Waals surface area (Å²) < 4.78 is 0. The molecule has 1 aromatic rings. The second-order valence-electron chi connectivity index (χ2n) is 6.92. The Morgan fingerprint density at radius 2 is 1.83 bits per heavy atom. The highest BCUT2D eigenvalue weighted by molar-refractivity contribution is 7.80. The number of hydrogen-bond donors (Lipinski definition) is 1. The maximum Gasteiger partial charge on any atom is 0.168 e. The maximum absolute atomic E-state index is 5.54. The summed E-state index contributed by atoms with van der Waals surface area (Å²) in [5, 5.41) is 4.21. The molecule has 0 aliphatic carbocycles. The van der Waals surface area contributed by atoms with Crippen LogP contribution in [0.2, 0.25) is 0 Å². The van der Waals surface area contributed by atoms with Crippen LogP contribution in [0.1, 0.15) is 31.2 Å². The first-order valence-corrected chi connectivity index (χ1v) is 9.45. The van der Waals surface area contributed by atoms with E-state index in [4.69, 9.17) is 12.2 Å². The molecule has 1 fully saturated rings. The Morgan fingerprint density at radius 3 is 2.54 bits per heavy atom. The number of benzene rings is 1. The number of anilines is 1. The minimum Gasteiger partial charge on any atom is -0.371 e. The van der Waals surface area contributed by atoms with Crippen LogP contribution in [-0.2, 0) is 6.54 Å². The zero-order valence-electron chi connectivity index (χ0n) is 15.4. The quantitative estimate of drug-likeness (QED) is 0.602. The van der Waals surface area contributed by atoms with Gasteiger partial charge in [-0.15, -0.1) is 0 Å². The number of nitrogens with one attached hydrogen (secondary N) is 1. The van der Waals surface area contributed by atoms with Crippen LogP contribution in [0.4, 0.5) is 5.69 Å². The van der Waals surface area contributed by atoms with Crippen LogP contribution in [0, 0.1) is 0 Å². The third-order valence-electron chi connectivity index (χ3n) is 4.50. The molecule has 0 aromatic heterocycles. The number of piperidine rings is 1. The molecule has 24 heavy (non-hydrogen) atoms. The monoisotopic (exact) mass is 348 g/mol. The predicted molar refractivity (Wildman–Crippen MR) is 108 cm³/mol. The molecule has 2 rings (SSSR count). The first-order chi connectivity index (χ1) is 11.6. The van der Waals surface area contributed by atoms with Crippen LogP contribution >= 0.6 is 12.2 Å². The lowest BCUT2D eigenvalue weighted by molar-refractivity contribution is 0.397. The van der Waals surface area contributed by atoms with Gasteiger partial charge in [-0.3, -0.25) is 0 Å². The first kappa shape index (κ1) is 19.0. The Bertz CT molecular complexity index is 512. The molecule has 0 spiro atoms. The third-order valence-corrected chi connectivity index (χ3v) is 4.96. The van der Waals surface area contributed by atoms with Gasteiger partial charge < -0.3 is 20.0 Å². The first-order valence-electron chi connectivity index (χ1n) is 9.04. The van der Waals surface area contributed by atoms with Crippen LogP contribution in [0.3, 0.4) is 0 Å². The van der Waals surface area contributed by atoms with E-state index in [-0.39, 0.29) is 0 Å². The van der Waals surface area contributed by atoms with Gasteiger partial charge in [-0.1, -0.05) is 18.2 Å². The Morgan fingerprint density at radius 1 is 1.12 bits per heavy atom. The lowest BCUT2D eigenvalue weighted by Crippen LogP contribution is -2.38. The minimum absolute atomic E-state index is 0.835. The minimum atomic E-state index is 0.835. The zero-order valence-corrected chi connectivity index (χ0v) is 16.2. The van der Waals surface area contributed by atoms with Gasteiger partial charge in [0.1, 0.15) is 0 Å². The van der Waals surface area contributed by atoms with Gasteiger partial charge in [0.25, 0.3) is 0 Å². The molecule has 5 heteroatoms. The number of thiocarbonyl (C=S) groups is 1. The highest BCUT2D eigenvalue weighted by atomic mass is 32.1. The number of nitrogens with zero attached hydrogens (tertiary/aromatic N) is 3. The number of para-hydroxylation sites is 1. The highest BCUT2D eigenvalue weighted by Gasteiger charge is 2.15. The molecule has 0 radical (unpaired) electrons. The summed E-state index contributed by atoms with van der Waals surface area (Å²) in [6.07, 6.45) is 5.07. The van der Waals surface area contributed by atoms with E-state index in [9.17, 15) is 0 Å². The van der Waals surface area contributed by atoms with Crippen LogP contribution in [0.25, 0.3) is 0 Å². The molecule has 1 saturated heterocycles. The largest absolute Gasteiger partial charge is 0.371 e. The van der Waals surface area contributed by atoms with Gasteiger partial charge >= 0.3 is 0 Å². The van der Waals surface area contributed by atoms with Crippen molar-refractivity contribution in [3.63, 3.8) is 0 Å². The van der Waals surface area contributed by atoms with Gasteiger partial charge in [-0.2, -0.15) is 0 Å². The number of rotatable bonds is 7. The SMILES string of the molecule is CN(C)CCCNC(=S)N(C)Cc1ccccc1N1CCCCC1. The molecule has 0 saturated carbocycles. The van der Waals surface area contributed by atoms with E-state index in [0.29, 0.717) is 0 Å². The molecule has 1 heterocycles. The van der Waals surface area contributed by atoms with E-state index < -0.39 is 0 Å². The van der Waals surface area contributed by atoms with Crippen molar-refractivity contribution >= 4 is 23.0 Å². The summed E-state index contributed by atoms with van der Waals surface area (Å²) in [5.74, 6) is 0. The van der Waals surface area contributed by atoms with Crippen LogP contribution in [0.5, 0.6) is 0 Å². The molecule has 1 aliphatic rings. The van der Waals surface area contributed by atoms with Gasteiger partial charge in [0.2, 0.25) is 0 Å². The molecule has 0 amide bonds. The van der Waals surface area contributed by atoms with Crippen molar-refractivity contribution < 1.29 is 0 Å².